The van der Waals surface area contributed by atoms with Gasteiger partial charge in [0.2, 0.25) is 0 Å². The Labute approximate surface area is 117 Å². The van der Waals surface area contributed by atoms with Gasteiger partial charge < -0.3 is 15.7 Å². The molecule has 2 aromatic rings. The van der Waals surface area contributed by atoms with Crippen LogP contribution >= 0.6 is 0 Å². The van der Waals surface area contributed by atoms with Crippen molar-refractivity contribution < 1.29 is 9.90 Å². The maximum atomic E-state index is 10.4. The fourth-order valence-electron chi connectivity index (χ4n) is 1.79. The van der Waals surface area contributed by atoms with Crippen LogP contribution in [0.15, 0.2) is 48.7 Å². The molecule has 3 N–H and O–H groups in total. The highest BCUT2D eigenvalue weighted by atomic mass is 16.4. The molecule has 0 saturated carbocycles. The molecule has 104 valence electrons. The van der Waals surface area contributed by atoms with Gasteiger partial charge in [-0.15, -0.1) is 0 Å². The van der Waals surface area contributed by atoms with Crippen molar-refractivity contribution in [2.75, 3.05) is 0 Å². The van der Waals surface area contributed by atoms with Gasteiger partial charge in [0.05, 0.1) is 5.69 Å². The van der Waals surface area contributed by atoms with Crippen molar-refractivity contribution in [2.45, 2.75) is 19.6 Å². The summed E-state index contributed by atoms with van der Waals surface area (Å²) in [6.45, 7) is 1.81. The van der Waals surface area contributed by atoms with E-state index in [1.54, 1.807) is 6.20 Å². The van der Waals surface area contributed by atoms with Gasteiger partial charge in [-0.05, 0) is 23.3 Å². The van der Waals surface area contributed by atoms with Crippen LogP contribution < -0.4 is 10.6 Å². The summed E-state index contributed by atoms with van der Waals surface area (Å²) in [5.41, 5.74) is 3.11. The van der Waals surface area contributed by atoms with Crippen LogP contribution in [-0.4, -0.2) is 16.2 Å². The number of hydrogen-bond donors (Lipinski definition) is 3. The molecule has 20 heavy (non-hydrogen) atoms. The topological polar surface area (TPSA) is 74.2 Å². The Balaban J connectivity index is 1.77. The van der Waals surface area contributed by atoms with E-state index in [0.29, 0.717) is 6.54 Å². The summed E-state index contributed by atoms with van der Waals surface area (Å²) in [4.78, 5) is 14.6. The van der Waals surface area contributed by atoms with Gasteiger partial charge in [-0.1, -0.05) is 30.3 Å². The zero-order valence-electron chi connectivity index (χ0n) is 11.0. The lowest BCUT2D eigenvalue weighted by atomic mass is 10.1. The van der Waals surface area contributed by atoms with Crippen molar-refractivity contribution in [1.29, 1.82) is 0 Å². The molecule has 0 fully saturated rings. The highest BCUT2D eigenvalue weighted by Gasteiger charge is 1.98. The Hall–Kier alpha value is -2.40. The minimum atomic E-state index is -1.01. The summed E-state index contributed by atoms with van der Waals surface area (Å²) in [5.74, 6) is 0. The van der Waals surface area contributed by atoms with Crippen LogP contribution in [0.3, 0.4) is 0 Å². The van der Waals surface area contributed by atoms with E-state index in [2.05, 4.69) is 15.6 Å². The molecule has 5 heteroatoms. The molecule has 0 bridgehead atoms. The zero-order chi connectivity index (χ0) is 14.2. The Morgan fingerprint density at radius 2 is 1.70 bits per heavy atom. The quantitative estimate of drug-likeness (QED) is 0.752. The van der Waals surface area contributed by atoms with Gasteiger partial charge in [0.25, 0.3) is 0 Å². The van der Waals surface area contributed by atoms with E-state index in [1.165, 1.54) is 0 Å². The van der Waals surface area contributed by atoms with E-state index >= 15 is 0 Å². The first kappa shape index (κ1) is 14.0. The second-order valence-corrected chi connectivity index (χ2v) is 4.40. The van der Waals surface area contributed by atoms with E-state index in [4.69, 9.17) is 5.11 Å². The van der Waals surface area contributed by atoms with Crippen LogP contribution in [0.5, 0.6) is 0 Å². The van der Waals surface area contributed by atoms with Crippen LogP contribution in [0.2, 0.25) is 0 Å². The van der Waals surface area contributed by atoms with Crippen molar-refractivity contribution in [3.8, 4) is 0 Å². The number of pyridine rings is 1. The zero-order valence-corrected chi connectivity index (χ0v) is 11.0. The lowest BCUT2D eigenvalue weighted by molar-refractivity contribution is 0.194. The van der Waals surface area contributed by atoms with E-state index < -0.39 is 6.09 Å². The number of nitrogens with one attached hydrogen (secondary N) is 2. The predicted molar refractivity (Wildman–Crippen MR) is 76.1 cm³/mol. The van der Waals surface area contributed by atoms with Crippen molar-refractivity contribution >= 4 is 6.09 Å². The summed E-state index contributed by atoms with van der Waals surface area (Å²) >= 11 is 0. The second-order valence-electron chi connectivity index (χ2n) is 4.40. The Bertz CT molecular complexity index is 541. The molecule has 0 aliphatic carbocycles. The third-order valence-corrected chi connectivity index (χ3v) is 2.83. The van der Waals surface area contributed by atoms with Gasteiger partial charge in [0.1, 0.15) is 0 Å². The van der Waals surface area contributed by atoms with Crippen molar-refractivity contribution in [3.05, 3.63) is 65.5 Å². The highest BCUT2D eigenvalue weighted by molar-refractivity contribution is 5.64. The van der Waals surface area contributed by atoms with Gasteiger partial charge in [-0.25, -0.2) is 4.79 Å². The van der Waals surface area contributed by atoms with Gasteiger partial charge >= 0.3 is 6.09 Å². The molecule has 1 aromatic carbocycles. The first-order valence-corrected chi connectivity index (χ1v) is 6.39. The Morgan fingerprint density at radius 1 is 1.00 bits per heavy atom. The smallest absolute Gasteiger partial charge is 0.404 e. The fraction of sp³-hybridized carbons (Fsp3) is 0.200. The first-order chi connectivity index (χ1) is 9.74. The fourth-order valence-corrected chi connectivity index (χ4v) is 1.79. The first-order valence-electron chi connectivity index (χ1n) is 6.39. The van der Waals surface area contributed by atoms with E-state index in [-0.39, 0.29) is 0 Å². The van der Waals surface area contributed by atoms with E-state index in [1.807, 2.05) is 42.5 Å². The Morgan fingerprint density at radius 3 is 2.30 bits per heavy atom. The summed E-state index contributed by atoms with van der Waals surface area (Å²) in [6, 6.07) is 13.7. The number of hydrogen-bond acceptors (Lipinski definition) is 3. The number of rotatable bonds is 6. The van der Waals surface area contributed by atoms with Crippen LogP contribution in [-0.2, 0) is 19.6 Å². The molecule has 0 atom stereocenters. The van der Waals surface area contributed by atoms with Crippen LogP contribution in [0.4, 0.5) is 4.79 Å². The van der Waals surface area contributed by atoms with Crippen molar-refractivity contribution in [1.82, 2.24) is 15.6 Å². The number of aromatic nitrogens is 1. The molecule has 2 rings (SSSR count). The predicted octanol–water partition coefficient (Wildman–Crippen LogP) is 2.14. The number of carboxylic acid groups (broad SMARTS) is 1. The van der Waals surface area contributed by atoms with Crippen molar-refractivity contribution in [3.63, 3.8) is 0 Å². The summed E-state index contributed by atoms with van der Waals surface area (Å²) in [7, 11) is 0. The lowest BCUT2D eigenvalue weighted by Gasteiger charge is -2.06. The largest absolute Gasteiger partial charge is 0.465 e. The molecular formula is C15H17N3O2. The maximum absolute atomic E-state index is 10.4. The average Bonchev–Trinajstić information content (AvgIpc) is 2.47. The van der Waals surface area contributed by atoms with Gasteiger partial charge in [-0.3, -0.25) is 4.98 Å². The number of carbonyl (C=O) groups is 1. The minimum Gasteiger partial charge on any atom is -0.465 e. The maximum Gasteiger partial charge on any atom is 0.404 e. The average molecular weight is 271 g/mol. The van der Waals surface area contributed by atoms with Crippen LogP contribution in [0.25, 0.3) is 0 Å². The number of benzene rings is 1. The molecule has 0 aliphatic rings. The third kappa shape index (κ3) is 4.70. The Kier molecular flexibility index (Phi) is 5.08. The third-order valence-electron chi connectivity index (χ3n) is 2.83. The molecule has 0 saturated heterocycles. The summed E-state index contributed by atoms with van der Waals surface area (Å²) < 4.78 is 0. The highest BCUT2D eigenvalue weighted by Crippen LogP contribution is 2.04. The molecule has 0 aliphatic heterocycles. The normalized spacial score (nSPS) is 10.2. The molecule has 0 radical (unpaired) electrons. The van der Waals surface area contributed by atoms with Crippen molar-refractivity contribution in [2.24, 2.45) is 0 Å². The summed E-state index contributed by atoms with van der Waals surface area (Å²) in [5, 5.41) is 14.2. The number of nitrogens with zero attached hydrogens (tertiary/aromatic N) is 1. The van der Waals surface area contributed by atoms with Crippen LogP contribution in [0, 0.1) is 0 Å². The molecule has 5 nitrogen and oxygen atoms in total. The molecule has 1 heterocycles. The molecule has 0 spiro atoms. The molecule has 1 amide bonds. The summed E-state index contributed by atoms with van der Waals surface area (Å²) in [6.07, 6.45) is 0.771. The molecular weight excluding hydrogens is 254 g/mol. The standard InChI is InChI=1S/C15H17N3O2/c19-15(20)18-10-13-6-4-12(5-7-13)9-16-11-14-3-1-2-8-17-14/h1-8,16,18H,9-11H2,(H,19,20). The minimum absolute atomic E-state index is 0.330. The van der Waals surface area contributed by atoms with Crippen LogP contribution in [0.1, 0.15) is 16.8 Å². The molecule has 0 unspecified atom stereocenters. The number of amides is 1. The molecule has 1 aromatic heterocycles. The van der Waals surface area contributed by atoms with E-state index in [0.717, 1.165) is 29.9 Å². The van der Waals surface area contributed by atoms with E-state index in [9.17, 15) is 4.79 Å². The van der Waals surface area contributed by atoms with Gasteiger partial charge in [0.15, 0.2) is 0 Å². The van der Waals surface area contributed by atoms with Gasteiger partial charge in [0, 0.05) is 25.8 Å². The monoisotopic (exact) mass is 271 g/mol. The SMILES string of the molecule is O=C(O)NCc1ccc(CNCc2ccccn2)cc1. The second kappa shape index (κ2) is 7.25. The lowest BCUT2D eigenvalue weighted by Crippen LogP contribution is -2.19. The van der Waals surface area contributed by atoms with Gasteiger partial charge in [-0.2, -0.15) is 0 Å².